The number of aromatic nitrogens is 2. The largest absolute Gasteiger partial charge is 0.337 e. The zero-order valence-electron chi connectivity index (χ0n) is 10.5. The summed E-state index contributed by atoms with van der Waals surface area (Å²) in [5, 5.41) is 0. The highest BCUT2D eigenvalue weighted by Gasteiger charge is 2.18. The van der Waals surface area contributed by atoms with Crippen LogP contribution in [0.15, 0.2) is 18.2 Å². The lowest BCUT2D eigenvalue weighted by molar-refractivity contribution is 0.481. The van der Waals surface area contributed by atoms with Crippen molar-refractivity contribution in [1.29, 1.82) is 0 Å². The Morgan fingerprint density at radius 1 is 1.30 bits per heavy atom. The zero-order valence-corrected chi connectivity index (χ0v) is 12.7. The third-order valence-electron chi connectivity index (χ3n) is 2.77. The highest BCUT2D eigenvalue weighted by Crippen LogP contribution is 2.21. The molecule has 0 saturated heterocycles. The van der Waals surface area contributed by atoms with Crippen molar-refractivity contribution in [2.45, 2.75) is 13.3 Å². The van der Waals surface area contributed by atoms with Gasteiger partial charge in [0.25, 0.3) is 0 Å². The molecule has 0 fully saturated rings. The van der Waals surface area contributed by atoms with Crippen molar-refractivity contribution >= 4 is 28.7 Å². The van der Waals surface area contributed by atoms with E-state index < -0.39 is 17.5 Å². The van der Waals surface area contributed by atoms with Crippen molar-refractivity contribution in [2.24, 2.45) is 0 Å². The summed E-state index contributed by atoms with van der Waals surface area (Å²) in [4.78, 5) is 4.15. The van der Waals surface area contributed by atoms with Crippen LogP contribution in [0.2, 0.25) is 0 Å². The lowest BCUT2D eigenvalue weighted by Gasteiger charge is -2.06. The zero-order chi connectivity index (χ0) is 14.9. The molecule has 0 atom stereocenters. The highest BCUT2D eigenvalue weighted by atomic mass is 127. The van der Waals surface area contributed by atoms with Crippen LogP contribution in [0.4, 0.5) is 13.2 Å². The van der Waals surface area contributed by atoms with E-state index in [9.17, 15) is 13.2 Å². The molecule has 3 nitrogen and oxygen atoms in total. The number of hydrogen-bond acceptors (Lipinski definition) is 2. The molecule has 0 saturated carbocycles. The van der Waals surface area contributed by atoms with E-state index in [1.165, 1.54) is 4.68 Å². The van der Waals surface area contributed by atoms with E-state index in [4.69, 9.17) is 5.84 Å². The summed E-state index contributed by atoms with van der Waals surface area (Å²) in [5.74, 6) is 2.96. The van der Waals surface area contributed by atoms with Crippen molar-refractivity contribution in [3.05, 3.63) is 56.4 Å². The molecule has 0 spiro atoms. The molecule has 20 heavy (non-hydrogen) atoms. The Morgan fingerprint density at radius 2 is 1.95 bits per heavy atom. The fraction of sp³-hybridized carbons (Fsp3) is 0.154. The summed E-state index contributed by atoms with van der Waals surface area (Å²) >= 11 is 1.97. The fourth-order valence-electron chi connectivity index (χ4n) is 1.78. The van der Waals surface area contributed by atoms with Crippen LogP contribution in [0, 0.1) is 21.2 Å². The second-order valence-electron chi connectivity index (χ2n) is 4.07. The molecule has 1 aromatic heterocycles. The lowest BCUT2D eigenvalue weighted by atomic mass is 10.1. The van der Waals surface area contributed by atoms with Crippen molar-refractivity contribution in [1.82, 2.24) is 9.66 Å². The number of allylic oxidation sites excluding steroid dienone is 1. The van der Waals surface area contributed by atoms with E-state index in [1.54, 1.807) is 12.2 Å². The predicted octanol–water partition coefficient (Wildman–Crippen LogP) is 3.24. The Bertz CT molecular complexity index is 680. The maximum absolute atomic E-state index is 13.6. The fourth-order valence-corrected chi connectivity index (χ4v) is 2.50. The van der Waals surface area contributed by atoms with Gasteiger partial charge >= 0.3 is 0 Å². The van der Waals surface area contributed by atoms with Gasteiger partial charge in [-0.15, -0.1) is 0 Å². The number of halogens is 4. The first kappa shape index (κ1) is 14.9. The van der Waals surface area contributed by atoms with Crippen LogP contribution in [-0.4, -0.2) is 9.66 Å². The van der Waals surface area contributed by atoms with E-state index in [0.717, 1.165) is 12.1 Å². The van der Waals surface area contributed by atoms with Gasteiger partial charge in [-0.1, -0.05) is 6.08 Å². The van der Waals surface area contributed by atoms with Crippen LogP contribution < -0.4 is 5.84 Å². The molecule has 7 heteroatoms. The number of nitrogen functional groups attached to an aromatic ring is 1. The molecule has 0 amide bonds. The maximum Gasteiger partial charge on any atom is 0.165 e. The Kier molecular flexibility index (Phi) is 4.36. The minimum atomic E-state index is -1.21. The standard InChI is InChI=1S/C13H11F3IN3/c1-2-3-10-13(17)19-11(20(10)18)6-7-8(14)4-5-9(15)12(7)16/h2-5H,6,18H2,1H3/b3-2-. The van der Waals surface area contributed by atoms with Crippen LogP contribution in [-0.2, 0) is 6.42 Å². The summed E-state index contributed by atoms with van der Waals surface area (Å²) < 4.78 is 42.2. The molecule has 0 aliphatic rings. The monoisotopic (exact) mass is 393 g/mol. The van der Waals surface area contributed by atoms with E-state index in [-0.39, 0.29) is 17.8 Å². The van der Waals surface area contributed by atoms with Gasteiger partial charge in [0.1, 0.15) is 15.3 Å². The molecule has 0 aliphatic carbocycles. The molecule has 1 aromatic carbocycles. The minimum Gasteiger partial charge on any atom is -0.337 e. The van der Waals surface area contributed by atoms with Crippen LogP contribution >= 0.6 is 22.6 Å². The number of imidazole rings is 1. The second kappa shape index (κ2) is 5.86. The van der Waals surface area contributed by atoms with E-state index in [2.05, 4.69) is 4.98 Å². The number of benzene rings is 1. The summed E-state index contributed by atoms with van der Waals surface area (Å²) in [6.07, 6.45) is 3.28. The summed E-state index contributed by atoms with van der Waals surface area (Å²) in [6, 6.07) is 1.63. The van der Waals surface area contributed by atoms with Gasteiger partial charge in [-0.2, -0.15) is 0 Å². The summed E-state index contributed by atoms with van der Waals surface area (Å²) in [5.41, 5.74) is 0.241. The molecule has 0 aliphatic heterocycles. The van der Waals surface area contributed by atoms with E-state index >= 15 is 0 Å². The molecule has 0 unspecified atom stereocenters. The Labute approximate surface area is 127 Å². The first-order valence-corrected chi connectivity index (χ1v) is 6.80. The van der Waals surface area contributed by atoms with Crippen molar-refractivity contribution in [3.63, 3.8) is 0 Å². The molecule has 0 bridgehead atoms. The van der Waals surface area contributed by atoms with Gasteiger partial charge in [0.15, 0.2) is 11.6 Å². The highest BCUT2D eigenvalue weighted by molar-refractivity contribution is 14.1. The van der Waals surface area contributed by atoms with Crippen molar-refractivity contribution in [3.8, 4) is 0 Å². The summed E-state index contributed by atoms with van der Waals surface area (Å²) in [6.45, 7) is 1.81. The van der Waals surface area contributed by atoms with Crippen LogP contribution in [0.25, 0.3) is 6.08 Å². The number of rotatable bonds is 3. The molecule has 1 heterocycles. The Hall–Kier alpha value is -1.51. The Balaban J connectivity index is 2.46. The average Bonchev–Trinajstić information content (AvgIpc) is 2.67. The van der Waals surface area contributed by atoms with Gasteiger partial charge in [-0.3, -0.25) is 0 Å². The van der Waals surface area contributed by atoms with Gasteiger partial charge in [-0.25, -0.2) is 22.8 Å². The van der Waals surface area contributed by atoms with Crippen LogP contribution in [0.3, 0.4) is 0 Å². The Morgan fingerprint density at radius 3 is 2.60 bits per heavy atom. The van der Waals surface area contributed by atoms with Gasteiger partial charge in [0.05, 0.1) is 5.69 Å². The molecular weight excluding hydrogens is 382 g/mol. The second-order valence-corrected chi connectivity index (χ2v) is 5.09. The smallest absolute Gasteiger partial charge is 0.165 e. The SMILES string of the molecule is C/C=C\c1c(I)nc(Cc2c(F)ccc(F)c2F)n1N. The summed E-state index contributed by atoms with van der Waals surface area (Å²) in [7, 11) is 0. The third-order valence-corrected chi connectivity index (χ3v) is 3.57. The van der Waals surface area contributed by atoms with Crippen molar-refractivity contribution in [2.75, 3.05) is 5.84 Å². The number of nitrogens with two attached hydrogens (primary N) is 1. The van der Waals surface area contributed by atoms with Crippen LogP contribution in [0.1, 0.15) is 24.0 Å². The molecule has 2 rings (SSSR count). The third kappa shape index (κ3) is 2.67. The van der Waals surface area contributed by atoms with E-state index in [1.807, 2.05) is 29.5 Å². The normalized spacial score (nSPS) is 11.4. The van der Waals surface area contributed by atoms with Gasteiger partial charge in [0.2, 0.25) is 0 Å². The number of nitrogens with zero attached hydrogens (tertiary/aromatic N) is 2. The quantitative estimate of drug-likeness (QED) is 0.495. The molecular formula is C13H11F3IN3. The first-order chi connectivity index (χ1) is 9.45. The topological polar surface area (TPSA) is 43.8 Å². The molecule has 2 aromatic rings. The average molecular weight is 393 g/mol. The molecule has 2 N–H and O–H groups in total. The van der Waals surface area contributed by atoms with Gasteiger partial charge < -0.3 is 5.84 Å². The molecule has 0 radical (unpaired) electrons. The first-order valence-electron chi connectivity index (χ1n) is 5.73. The number of hydrogen-bond donors (Lipinski definition) is 1. The lowest BCUT2D eigenvalue weighted by Crippen LogP contribution is -2.16. The maximum atomic E-state index is 13.6. The van der Waals surface area contributed by atoms with E-state index in [0.29, 0.717) is 9.39 Å². The minimum absolute atomic E-state index is 0.223. The van der Waals surface area contributed by atoms with Crippen LogP contribution in [0.5, 0.6) is 0 Å². The molecule has 106 valence electrons. The van der Waals surface area contributed by atoms with Gasteiger partial charge in [0, 0.05) is 12.0 Å². The van der Waals surface area contributed by atoms with Gasteiger partial charge in [-0.05, 0) is 47.7 Å². The predicted molar refractivity (Wildman–Crippen MR) is 78.9 cm³/mol. The van der Waals surface area contributed by atoms with Crippen molar-refractivity contribution < 1.29 is 13.2 Å².